The molecule has 3 aliphatic heterocycles. The minimum Gasteiger partial charge on any atom is -0.309 e. The molecular weight excluding hydrogens is 304 g/mol. The Bertz CT molecular complexity index is 920. The minimum atomic E-state index is -0.436. The van der Waals surface area contributed by atoms with Gasteiger partial charge in [-0.05, 0) is 17.9 Å². The molecule has 0 aliphatic carbocycles. The second-order valence-corrected chi connectivity index (χ2v) is 6.51. The summed E-state index contributed by atoms with van der Waals surface area (Å²) >= 11 is 0. The predicted octanol–water partition coefficient (Wildman–Crippen LogP) is 1.59. The van der Waals surface area contributed by atoms with Crippen molar-refractivity contribution < 1.29 is 9.59 Å². The number of hydrogen-bond donors (Lipinski definition) is 1. The van der Waals surface area contributed by atoms with Gasteiger partial charge < -0.3 is 10.2 Å². The van der Waals surface area contributed by atoms with Crippen molar-refractivity contribution in [1.82, 2.24) is 10.2 Å². The Balaban J connectivity index is 1.67. The maximum Gasteiger partial charge on any atom is 0.332 e. The van der Waals surface area contributed by atoms with Crippen LogP contribution in [-0.4, -0.2) is 41.5 Å². The second kappa shape index (κ2) is 4.56. The summed E-state index contributed by atoms with van der Waals surface area (Å²) in [5, 5.41) is 14.6. The number of nitrogens with one attached hydrogen (secondary N) is 1. The number of urea groups is 1. The van der Waals surface area contributed by atoms with Crippen LogP contribution in [0.3, 0.4) is 0 Å². The third-order valence-corrected chi connectivity index (χ3v) is 5.36. The molecule has 0 aromatic heterocycles. The van der Waals surface area contributed by atoms with E-state index in [1.807, 2.05) is 30.3 Å². The van der Waals surface area contributed by atoms with Gasteiger partial charge in [-0.1, -0.05) is 30.3 Å². The molecule has 3 atom stereocenters. The Labute approximate surface area is 138 Å². The van der Waals surface area contributed by atoms with E-state index < -0.39 is 6.04 Å². The smallest absolute Gasteiger partial charge is 0.309 e. The van der Waals surface area contributed by atoms with E-state index in [4.69, 9.17) is 0 Å². The minimum absolute atomic E-state index is 0.0300. The molecule has 3 aliphatic rings. The molecule has 118 valence electrons. The maximum absolute atomic E-state index is 12.9. The molecule has 2 aromatic rings. The van der Waals surface area contributed by atoms with Crippen molar-refractivity contribution in [3.8, 4) is 6.07 Å². The first-order valence-corrected chi connectivity index (χ1v) is 8.02. The molecule has 3 amide bonds. The number of nitriles is 1. The number of rotatable bonds is 1. The Hall–Kier alpha value is -2.91. The first kappa shape index (κ1) is 13.5. The van der Waals surface area contributed by atoms with Crippen LogP contribution in [0.5, 0.6) is 0 Å². The zero-order valence-electron chi connectivity index (χ0n) is 12.8. The summed E-state index contributed by atoms with van der Waals surface area (Å²) in [4.78, 5) is 28.7. The van der Waals surface area contributed by atoms with Crippen LogP contribution in [0.1, 0.15) is 12.0 Å². The molecule has 5 rings (SSSR count). The van der Waals surface area contributed by atoms with Crippen LogP contribution >= 0.6 is 0 Å². The summed E-state index contributed by atoms with van der Waals surface area (Å²) in [6, 6.07) is 12.6. The van der Waals surface area contributed by atoms with Gasteiger partial charge in [-0.25, -0.2) is 9.69 Å². The zero-order chi connectivity index (χ0) is 16.4. The first-order valence-electron chi connectivity index (χ1n) is 8.02. The summed E-state index contributed by atoms with van der Waals surface area (Å²) in [6.07, 6.45) is 0.832. The van der Waals surface area contributed by atoms with Crippen molar-refractivity contribution in [3.63, 3.8) is 0 Å². The standard InChI is InChI=1S/C18H14N4O2/c19-8-13-12-4-2-1-3-10(12)5-6-15(13)22-17(23)16-14-7-11(9-20-14)21(16)18(22)24/h1-6,11,14,16,20H,7,9H2. The van der Waals surface area contributed by atoms with E-state index in [9.17, 15) is 14.9 Å². The fourth-order valence-electron chi connectivity index (χ4n) is 4.31. The molecule has 3 fully saturated rings. The van der Waals surface area contributed by atoms with Crippen molar-refractivity contribution in [2.75, 3.05) is 11.4 Å². The van der Waals surface area contributed by atoms with Gasteiger partial charge in [-0.15, -0.1) is 0 Å². The molecule has 0 spiro atoms. The Kier molecular flexibility index (Phi) is 2.57. The number of imide groups is 1. The van der Waals surface area contributed by atoms with E-state index in [2.05, 4.69) is 11.4 Å². The molecule has 1 N–H and O–H groups in total. The fraction of sp³-hybridized carbons (Fsp3) is 0.278. The van der Waals surface area contributed by atoms with Crippen LogP contribution in [0, 0.1) is 11.3 Å². The highest BCUT2D eigenvalue weighted by atomic mass is 16.2. The lowest BCUT2D eigenvalue weighted by Crippen LogP contribution is -2.51. The van der Waals surface area contributed by atoms with Gasteiger partial charge in [0.05, 0.1) is 11.3 Å². The topological polar surface area (TPSA) is 76.4 Å². The molecule has 3 saturated heterocycles. The van der Waals surface area contributed by atoms with E-state index in [0.29, 0.717) is 11.3 Å². The van der Waals surface area contributed by atoms with Crippen LogP contribution in [0.4, 0.5) is 10.5 Å². The van der Waals surface area contributed by atoms with Crippen LogP contribution < -0.4 is 10.2 Å². The number of nitrogens with zero attached hydrogens (tertiary/aromatic N) is 3. The lowest BCUT2D eigenvalue weighted by Gasteiger charge is -2.26. The normalized spacial score (nSPS) is 27.9. The number of piperazine rings is 1. The van der Waals surface area contributed by atoms with Gasteiger partial charge in [-0.3, -0.25) is 4.79 Å². The van der Waals surface area contributed by atoms with Gasteiger partial charge in [0.1, 0.15) is 12.1 Å². The summed E-state index contributed by atoms with van der Waals surface area (Å²) in [5.41, 5.74) is 0.760. The Morgan fingerprint density at radius 1 is 1.17 bits per heavy atom. The molecule has 6 heteroatoms. The van der Waals surface area contributed by atoms with Gasteiger partial charge in [0.25, 0.3) is 5.91 Å². The number of carbonyl (C=O) groups is 2. The van der Waals surface area contributed by atoms with Crippen molar-refractivity contribution in [3.05, 3.63) is 42.0 Å². The van der Waals surface area contributed by atoms with Crippen molar-refractivity contribution in [2.45, 2.75) is 24.5 Å². The number of hydrogen-bond acceptors (Lipinski definition) is 4. The highest BCUT2D eigenvalue weighted by Crippen LogP contribution is 2.40. The zero-order valence-corrected chi connectivity index (χ0v) is 12.8. The van der Waals surface area contributed by atoms with E-state index in [1.165, 1.54) is 4.90 Å². The summed E-state index contributed by atoms with van der Waals surface area (Å²) in [5.74, 6) is -0.230. The van der Waals surface area contributed by atoms with Gasteiger partial charge in [0.15, 0.2) is 0 Å². The van der Waals surface area contributed by atoms with E-state index in [1.54, 1.807) is 11.0 Å². The van der Waals surface area contributed by atoms with Crippen LogP contribution in [0.15, 0.2) is 36.4 Å². The third-order valence-electron chi connectivity index (χ3n) is 5.36. The molecule has 2 bridgehead atoms. The van der Waals surface area contributed by atoms with Crippen LogP contribution in [0.25, 0.3) is 10.8 Å². The van der Waals surface area contributed by atoms with E-state index >= 15 is 0 Å². The lowest BCUT2D eigenvalue weighted by atomic mass is 10.0. The summed E-state index contributed by atoms with van der Waals surface area (Å²) < 4.78 is 0. The molecule has 24 heavy (non-hydrogen) atoms. The monoisotopic (exact) mass is 318 g/mol. The second-order valence-electron chi connectivity index (χ2n) is 6.51. The van der Waals surface area contributed by atoms with Gasteiger partial charge >= 0.3 is 6.03 Å². The average molecular weight is 318 g/mol. The highest BCUT2D eigenvalue weighted by molar-refractivity contribution is 6.23. The number of fused-ring (bicyclic) bond motifs is 6. The number of anilines is 1. The van der Waals surface area contributed by atoms with E-state index in [0.717, 1.165) is 23.7 Å². The molecule has 2 aromatic carbocycles. The van der Waals surface area contributed by atoms with Gasteiger partial charge in [0, 0.05) is 24.0 Å². The Morgan fingerprint density at radius 2 is 2.00 bits per heavy atom. The number of amides is 3. The van der Waals surface area contributed by atoms with Crippen molar-refractivity contribution in [2.24, 2.45) is 0 Å². The predicted molar refractivity (Wildman–Crippen MR) is 87.4 cm³/mol. The largest absolute Gasteiger partial charge is 0.332 e. The average Bonchev–Trinajstić information content (AvgIpc) is 3.28. The van der Waals surface area contributed by atoms with Crippen molar-refractivity contribution in [1.29, 1.82) is 5.26 Å². The van der Waals surface area contributed by atoms with Crippen LogP contribution in [0.2, 0.25) is 0 Å². The molecule has 3 unspecified atom stereocenters. The number of carbonyl (C=O) groups excluding carboxylic acids is 2. The van der Waals surface area contributed by atoms with E-state index in [-0.39, 0.29) is 24.0 Å². The third kappa shape index (κ3) is 1.52. The quantitative estimate of drug-likeness (QED) is 0.810. The Morgan fingerprint density at radius 3 is 2.79 bits per heavy atom. The van der Waals surface area contributed by atoms with Crippen LogP contribution in [-0.2, 0) is 4.79 Å². The molecule has 0 saturated carbocycles. The molecular formula is C18H14N4O2. The fourth-order valence-corrected chi connectivity index (χ4v) is 4.31. The lowest BCUT2D eigenvalue weighted by molar-refractivity contribution is -0.120. The van der Waals surface area contributed by atoms with Gasteiger partial charge in [-0.2, -0.15) is 5.26 Å². The summed E-state index contributed by atoms with van der Waals surface area (Å²) in [7, 11) is 0. The highest BCUT2D eigenvalue weighted by Gasteiger charge is 2.59. The summed E-state index contributed by atoms with van der Waals surface area (Å²) in [6.45, 7) is 0.733. The molecule has 6 nitrogen and oxygen atoms in total. The first-order chi connectivity index (χ1) is 11.7. The molecule has 0 radical (unpaired) electrons. The molecule has 3 heterocycles. The maximum atomic E-state index is 12.9. The SMILES string of the molecule is N#Cc1c(N2C(=O)C3C4CC(CN4)N3C2=O)ccc2ccccc12. The number of benzene rings is 2. The van der Waals surface area contributed by atoms with Gasteiger partial charge in [0.2, 0.25) is 0 Å². The van der Waals surface area contributed by atoms with Crippen molar-refractivity contribution >= 4 is 28.4 Å².